The van der Waals surface area contributed by atoms with Crippen LogP contribution in [0.1, 0.15) is 12.5 Å². The van der Waals surface area contributed by atoms with Crippen molar-refractivity contribution in [2.45, 2.75) is 13.1 Å². The molecule has 0 saturated heterocycles. The van der Waals surface area contributed by atoms with Gasteiger partial charge < -0.3 is 5.32 Å². The van der Waals surface area contributed by atoms with Crippen LogP contribution < -0.4 is 5.32 Å². The van der Waals surface area contributed by atoms with Gasteiger partial charge in [-0.3, -0.25) is 0 Å². The molecule has 15 heavy (non-hydrogen) atoms. The summed E-state index contributed by atoms with van der Waals surface area (Å²) in [5.41, 5.74) is -0.601. The third-order valence-corrected chi connectivity index (χ3v) is 1.78. The fourth-order valence-electron chi connectivity index (χ4n) is 1.11. The zero-order valence-electron chi connectivity index (χ0n) is 8.15. The number of anilines is 1. The Morgan fingerprint density at radius 1 is 1.27 bits per heavy atom. The Balaban J connectivity index is 2.90. The first-order valence-corrected chi connectivity index (χ1v) is 4.35. The number of hydrogen-bond acceptors (Lipinski definition) is 1. The summed E-state index contributed by atoms with van der Waals surface area (Å²) in [6.07, 6.45) is -4.33. The van der Waals surface area contributed by atoms with Crippen LogP contribution in [-0.2, 0) is 6.18 Å². The molecule has 4 heteroatoms. The minimum atomic E-state index is -4.33. The lowest BCUT2D eigenvalue weighted by molar-refractivity contribution is -0.136. The van der Waals surface area contributed by atoms with Crippen LogP contribution in [0.2, 0.25) is 0 Å². The molecule has 1 N–H and O–H groups in total. The number of para-hydroxylation sites is 1. The van der Waals surface area contributed by atoms with Crippen molar-refractivity contribution in [3.05, 3.63) is 29.8 Å². The van der Waals surface area contributed by atoms with Gasteiger partial charge in [0.2, 0.25) is 0 Å². The second-order valence-corrected chi connectivity index (χ2v) is 2.82. The van der Waals surface area contributed by atoms with Gasteiger partial charge in [-0.1, -0.05) is 18.1 Å². The normalized spacial score (nSPS) is 10.4. The molecule has 0 amide bonds. The minimum absolute atomic E-state index is 0.0627. The van der Waals surface area contributed by atoms with Gasteiger partial charge in [-0.15, -0.1) is 5.92 Å². The summed E-state index contributed by atoms with van der Waals surface area (Å²) in [7, 11) is 0. The van der Waals surface area contributed by atoms with Gasteiger partial charge in [0.1, 0.15) is 0 Å². The van der Waals surface area contributed by atoms with Crippen molar-refractivity contribution >= 4 is 5.69 Å². The van der Waals surface area contributed by atoms with E-state index in [0.29, 0.717) is 0 Å². The highest BCUT2D eigenvalue weighted by atomic mass is 19.4. The van der Waals surface area contributed by atoms with E-state index in [9.17, 15) is 13.2 Å². The largest absolute Gasteiger partial charge is 0.418 e. The van der Waals surface area contributed by atoms with E-state index in [1.165, 1.54) is 12.1 Å². The van der Waals surface area contributed by atoms with E-state index in [1.54, 1.807) is 13.0 Å². The van der Waals surface area contributed by atoms with Gasteiger partial charge in [0.15, 0.2) is 0 Å². The first-order valence-electron chi connectivity index (χ1n) is 4.35. The Morgan fingerprint density at radius 3 is 2.53 bits per heavy atom. The Labute approximate surface area is 86.3 Å². The lowest BCUT2D eigenvalue weighted by Crippen LogP contribution is -2.10. The van der Waals surface area contributed by atoms with Crippen molar-refractivity contribution in [3.8, 4) is 11.8 Å². The molecule has 1 nitrogen and oxygen atoms in total. The highest BCUT2D eigenvalue weighted by molar-refractivity contribution is 5.53. The molecule has 0 aliphatic heterocycles. The summed E-state index contributed by atoms with van der Waals surface area (Å²) in [6, 6.07) is 5.35. The Bertz CT molecular complexity index is 385. The highest BCUT2D eigenvalue weighted by Gasteiger charge is 2.32. The molecule has 0 heterocycles. The maximum atomic E-state index is 12.5. The molecule has 0 saturated carbocycles. The summed E-state index contributed by atoms with van der Waals surface area (Å²) < 4.78 is 37.4. The first kappa shape index (κ1) is 11.4. The van der Waals surface area contributed by atoms with Gasteiger partial charge in [0.05, 0.1) is 12.1 Å². The van der Waals surface area contributed by atoms with Crippen LogP contribution in [0.4, 0.5) is 18.9 Å². The molecule has 0 aromatic heterocycles. The molecule has 0 spiro atoms. The lowest BCUT2D eigenvalue weighted by Gasteiger charge is -2.12. The zero-order chi connectivity index (χ0) is 11.3. The average Bonchev–Trinajstić information content (AvgIpc) is 2.17. The average molecular weight is 213 g/mol. The van der Waals surface area contributed by atoms with Crippen LogP contribution in [0.3, 0.4) is 0 Å². The molecule has 0 unspecified atom stereocenters. The van der Waals surface area contributed by atoms with Crippen LogP contribution in [0.15, 0.2) is 24.3 Å². The van der Waals surface area contributed by atoms with E-state index in [1.807, 2.05) is 0 Å². The van der Waals surface area contributed by atoms with E-state index in [0.717, 1.165) is 6.07 Å². The summed E-state index contributed by atoms with van der Waals surface area (Å²) in [5, 5.41) is 2.63. The molecular weight excluding hydrogens is 203 g/mol. The predicted octanol–water partition coefficient (Wildman–Crippen LogP) is 3.14. The number of benzene rings is 1. The van der Waals surface area contributed by atoms with Crippen molar-refractivity contribution in [2.24, 2.45) is 0 Å². The number of alkyl halides is 3. The van der Waals surface area contributed by atoms with Crippen LogP contribution in [-0.4, -0.2) is 6.54 Å². The second kappa shape index (κ2) is 4.74. The van der Waals surface area contributed by atoms with Crippen molar-refractivity contribution in [1.29, 1.82) is 0 Å². The number of rotatable bonds is 2. The number of hydrogen-bond donors (Lipinski definition) is 1. The molecule has 1 rings (SSSR count). The van der Waals surface area contributed by atoms with Crippen molar-refractivity contribution in [1.82, 2.24) is 0 Å². The predicted molar refractivity (Wildman–Crippen MR) is 53.4 cm³/mol. The summed E-state index contributed by atoms with van der Waals surface area (Å²) >= 11 is 0. The van der Waals surface area contributed by atoms with Crippen LogP contribution in [0.25, 0.3) is 0 Å². The summed E-state index contributed by atoms with van der Waals surface area (Å²) in [6.45, 7) is 1.85. The van der Waals surface area contributed by atoms with Crippen molar-refractivity contribution < 1.29 is 13.2 Å². The minimum Gasteiger partial charge on any atom is -0.374 e. The Kier molecular flexibility index (Phi) is 3.62. The van der Waals surface area contributed by atoms with E-state index < -0.39 is 11.7 Å². The zero-order valence-corrected chi connectivity index (χ0v) is 8.15. The fourth-order valence-corrected chi connectivity index (χ4v) is 1.11. The second-order valence-electron chi connectivity index (χ2n) is 2.82. The quantitative estimate of drug-likeness (QED) is 0.744. The molecular formula is C11H10F3N. The van der Waals surface area contributed by atoms with Crippen molar-refractivity contribution in [3.63, 3.8) is 0 Å². The molecule has 80 valence electrons. The summed E-state index contributed by atoms with van der Waals surface area (Å²) in [4.78, 5) is 0. The highest BCUT2D eigenvalue weighted by Crippen LogP contribution is 2.34. The molecule has 0 atom stereocenters. The van der Waals surface area contributed by atoms with E-state index in [-0.39, 0.29) is 12.2 Å². The standard InChI is InChI=1S/C11H10F3N/c1-2-3-8-15-10-7-5-4-6-9(10)11(12,13)14/h4-7,15H,8H2,1H3. The van der Waals surface area contributed by atoms with E-state index in [2.05, 4.69) is 17.2 Å². The maximum absolute atomic E-state index is 12.5. The van der Waals surface area contributed by atoms with Gasteiger partial charge in [-0.05, 0) is 19.1 Å². The first-order chi connectivity index (χ1) is 7.05. The molecule has 0 bridgehead atoms. The molecule has 1 aromatic carbocycles. The van der Waals surface area contributed by atoms with E-state index in [4.69, 9.17) is 0 Å². The van der Waals surface area contributed by atoms with Crippen LogP contribution in [0, 0.1) is 11.8 Å². The van der Waals surface area contributed by atoms with E-state index >= 15 is 0 Å². The smallest absolute Gasteiger partial charge is 0.374 e. The fraction of sp³-hybridized carbons (Fsp3) is 0.273. The topological polar surface area (TPSA) is 12.0 Å². The molecule has 1 aromatic rings. The summed E-state index contributed by atoms with van der Waals surface area (Å²) in [5.74, 6) is 5.25. The third kappa shape index (κ3) is 3.21. The number of nitrogens with one attached hydrogen (secondary N) is 1. The third-order valence-electron chi connectivity index (χ3n) is 1.78. The molecule has 0 radical (unpaired) electrons. The van der Waals surface area contributed by atoms with Gasteiger partial charge in [0.25, 0.3) is 0 Å². The lowest BCUT2D eigenvalue weighted by atomic mass is 10.1. The molecule has 0 aliphatic carbocycles. The Hall–Kier alpha value is -1.63. The Morgan fingerprint density at radius 2 is 1.93 bits per heavy atom. The van der Waals surface area contributed by atoms with Gasteiger partial charge >= 0.3 is 6.18 Å². The molecule has 0 aliphatic rings. The van der Waals surface area contributed by atoms with Gasteiger partial charge in [-0.2, -0.15) is 13.2 Å². The number of halogens is 3. The van der Waals surface area contributed by atoms with Crippen LogP contribution >= 0.6 is 0 Å². The SMILES string of the molecule is CC#CCNc1ccccc1C(F)(F)F. The van der Waals surface area contributed by atoms with Crippen LogP contribution in [0.5, 0.6) is 0 Å². The van der Waals surface area contributed by atoms with Gasteiger partial charge in [-0.25, -0.2) is 0 Å². The molecule has 0 fully saturated rings. The van der Waals surface area contributed by atoms with Crippen molar-refractivity contribution in [2.75, 3.05) is 11.9 Å². The maximum Gasteiger partial charge on any atom is 0.418 e. The van der Waals surface area contributed by atoms with Gasteiger partial charge in [0, 0.05) is 5.69 Å². The monoisotopic (exact) mass is 213 g/mol.